The summed E-state index contributed by atoms with van der Waals surface area (Å²) < 4.78 is 35.8. The van der Waals surface area contributed by atoms with Gasteiger partial charge in [-0.3, -0.25) is 0 Å². The number of nitrogens with one attached hydrogen (secondary N) is 1. The van der Waals surface area contributed by atoms with Crippen molar-refractivity contribution in [3.63, 3.8) is 0 Å². The van der Waals surface area contributed by atoms with E-state index in [4.69, 9.17) is 9.47 Å². The van der Waals surface area contributed by atoms with Gasteiger partial charge in [0.1, 0.15) is 5.75 Å². The van der Waals surface area contributed by atoms with Crippen LogP contribution in [0.5, 0.6) is 5.75 Å². The van der Waals surface area contributed by atoms with Crippen LogP contribution in [0.2, 0.25) is 0 Å². The van der Waals surface area contributed by atoms with Gasteiger partial charge in [0.2, 0.25) is 0 Å². The van der Waals surface area contributed by atoms with Gasteiger partial charge < -0.3 is 14.8 Å². The molecule has 0 bridgehead atoms. The number of rotatable bonds is 6. The lowest BCUT2D eigenvalue weighted by Gasteiger charge is -2.25. The molecule has 2 rings (SSSR count). The van der Waals surface area contributed by atoms with E-state index in [1.807, 2.05) is 24.3 Å². The molecule has 1 aromatic carbocycles. The molecular formula is C15H23NO4S. The quantitative estimate of drug-likeness (QED) is 0.863. The number of ether oxygens (including phenoxy) is 2. The van der Waals surface area contributed by atoms with E-state index in [0.29, 0.717) is 31.8 Å². The van der Waals surface area contributed by atoms with Crippen molar-refractivity contribution in [3.05, 3.63) is 29.8 Å². The number of methoxy groups -OCH3 is 1. The molecule has 1 atom stereocenters. The summed E-state index contributed by atoms with van der Waals surface area (Å²) in [4.78, 5) is 0. The van der Waals surface area contributed by atoms with Crippen molar-refractivity contribution in [2.45, 2.75) is 24.1 Å². The minimum atomic E-state index is -3.17. The molecule has 0 aromatic heterocycles. The Kier molecular flexibility index (Phi) is 5.61. The standard InChI is InChI=1S/C15H23NO4S/c1-16-14(13-5-3-4-6-15(13)19-2)11-21(17,18)12-7-9-20-10-8-12/h3-6,12,14,16H,7-11H2,1-2H3. The Balaban J connectivity index is 2.18. The molecule has 0 radical (unpaired) electrons. The minimum Gasteiger partial charge on any atom is -0.496 e. The molecule has 0 spiro atoms. The van der Waals surface area contributed by atoms with E-state index >= 15 is 0 Å². The molecule has 0 saturated carbocycles. The molecule has 0 aliphatic carbocycles. The van der Waals surface area contributed by atoms with Crippen LogP contribution in [0.3, 0.4) is 0 Å². The second kappa shape index (κ2) is 7.24. The number of para-hydroxylation sites is 1. The third kappa shape index (κ3) is 3.96. The third-order valence-corrected chi connectivity index (χ3v) is 6.22. The number of hydrogen-bond acceptors (Lipinski definition) is 5. The van der Waals surface area contributed by atoms with Crippen LogP contribution in [0.25, 0.3) is 0 Å². The predicted octanol–water partition coefficient (Wildman–Crippen LogP) is 1.55. The molecule has 1 heterocycles. The highest BCUT2D eigenvalue weighted by molar-refractivity contribution is 7.92. The Morgan fingerprint density at radius 3 is 2.62 bits per heavy atom. The first-order chi connectivity index (χ1) is 10.1. The zero-order valence-electron chi connectivity index (χ0n) is 12.5. The fraction of sp³-hybridized carbons (Fsp3) is 0.600. The summed E-state index contributed by atoms with van der Waals surface area (Å²) in [6.45, 7) is 1.06. The Labute approximate surface area is 126 Å². The van der Waals surface area contributed by atoms with Crippen molar-refractivity contribution in [1.82, 2.24) is 5.32 Å². The average Bonchev–Trinajstić information content (AvgIpc) is 2.53. The monoisotopic (exact) mass is 313 g/mol. The van der Waals surface area contributed by atoms with Crippen molar-refractivity contribution in [1.29, 1.82) is 0 Å². The van der Waals surface area contributed by atoms with Gasteiger partial charge in [-0.2, -0.15) is 0 Å². The lowest BCUT2D eigenvalue weighted by atomic mass is 10.1. The molecule has 21 heavy (non-hydrogen) atoms. The maximum atomic E-state index is 12.6. The Morgan fingerprint density at radius 1 is 1.33 bits per heavy atom. The molecule has 1 saturated heterocycles. The summed E-state index contributed by atoms with van der Waals surface area (Å²) in [6, 6.07) is 7.25. The molecule has 1 fully saturated rings. The van der Waals surface area contributed by atoms with Crippen LogP contribution in [-0.2, 0) is 14.6 Å². The molecule has 1 aliphatic heterocycles. The average molecular weight is 313 g/mol. The molecule has 5 nitrogen and oxygen atoms in total. The lowest BCUT2D eigenvalue weighted by molar-refractivity contribution is 0.0983. The highest BCUT2D eigenvalue weighted by Gasteiger charge is 2.31. The van der Waals surface area contributed by atoms with E-state index in [2.05, 4.69) is 5.32 Å². The summed E-state index contributed by atoms with van der Waals surface area (Å²) in [5, 5.41) is 2.80. The first-order valence-electron chi connectivity index (χ1n) is 7.18. The van der Waals surface area contributed by atoms with E-state index < -0.39 is 9.84 Å². The zero-order chi connectivity index (χ0) is 15.3. The molecule has 1 unspecified atom stereocenters. The van der Waals surface area contributed by atoms with Gasteiger partial charge in [-0.25, -0.2) is 8.42 Å². The van der Waals surface area contributed by atoms with Crippen LogP contribution >= 0.6 is 0 Å². The van der Waals surface area contributed by atoms with E-state index in [0.717, 1.165) is 5.56 Å². The largest absolute Gasteiger partial charge is 0.496 e. The SMILES string of the molecule is CNC(CS(=O)(=O)C1CCOCC1)c1ccccc1OC. The Morgan fingerprint density at radius 2 is 2.00 bits per heavy atom. The van der Waals surface area contributed by atoms with Crippen molar-refractivity contribution < 1.29 is 17.9 Å². The van der Waals surface area contributed by atoms with Gasteiger partial charge >= 0.3 is 0 Å². The Hall–Kier alpha value is -1.11. The molecule has 1 aliphatic rings. The third-order valence-electron chi connectivity index (χ3n) is 3.94. The maximum absolute atomic E-state index is 12.6. The molecule has 1 N–H and O–H groups in total. The summed E-state index contributed by atoms with van der Waals surface area (Å²) >= 11 is 0. The van der Waals surface area contributed by atoms with Crippen molar-refractivity contribution >= 4 is 9.84 Å². The molecule has 0 amide bonds. The highest BCUT2D eigenvalue weighted by Crippen LogP contribution is 2.28. The molecule has 6 heteroatoms. The van der Waals surface area contributed by atoms with Crippen LogP contribution in [0, 0.1) is 0 Å². The Bertz CT molecular complexity index is 553. The highest BCUT2D eigenvalue weighted by atomic mass is 32.2. The smallest absolute Gasteiger partial charge is 0.155 e. The zero-order valence-corrected chi connectivity index (χ0v) is 13.4. The van der Waals surface area contributed by atoms with E-state index in [9.17, 15) is 8.42 Å². The van der Waals surface area contributed by atoms with Gasteiger partial charge in [-0.05, 0) is 26.0 Å². The van der Waals surface area contributed by atoms with E-state index in [1.54, 1.807) is 14.2 Å². The first kappa shape index (κ1) is 16.3. The van der Waals surface area contributed by atoms with Crippen molar-refractivity contribution in [2.24, 2.45) is 0 Å². The summed E-state index contributed by atoms with van der Waals surface area (Å²) in [6.07, 6.45) is 1.18. The van der Waals surface area contributed by atoms with E-state index in [1.165, 1.54) is 0 Å². The van der Waals surface area contributed by atoms with Gasteiger partial charge in [-0.1, -0.05) is 18.2 Å². The number of hydrogen-bond donors (Lipinski definition) is 1. The van der Waals surface area contributed by atoms with Gasteiger partial charge in [0.25, 0.3) is 0 Å². The van der Waals surface area contributed by atoms with E-state index in [-0.39, 0.29) is 17.0 Å². The van der Waals surface area contributed by atoms with Gasteiger partial charge in [0.05, 0.1) is 18.1 Å². The van der Waals surface area contributed by atoms with Crippen LogP contribution < -0.4 is 10.1 Å². The van der Waals surface area contributed by atoms with Crippen LogP contribution in [0.4, 0.5) is 0 Å². The van der Waals surface area contributed by atoms with Crippen molar-refractivity contribution in [2.75, 3.05) is 33.1 Å². The predicted molar refractivity (Wildman–Crippen MR) is 82.4 cm³/mol. The minimum absolute atomic E-state index is 0.0779. The number of benzene rings is 1. The van der Waals surface area contributed by atoms with Gasteiger partial charge in [0.15, 0.2) is 9.84 Å². The van der Waals surface area contributed by atoms with Gasteiger partial charge in [0, 0.05) is 24.8 Å². The first-order valence-corrected chi connectivity index (χ1v) is 8.89. The van der Waals surface area contributed by atoms with Crippen LogP contribution in [0.15, 0.2) is 24.3 Å². The van der Waals surface area contributed by atoms with Gasteiger partial charge in [-0.15, -0.1) is 0 Å². The second-order valence-electron chi connectivity index (χ2n) is 5.22. The van der Waals surface area contributed by atoms with Crippen LogP contribution in [-0.4, -0.2) is 46.8 Å². The fourth-order valence-corrected chi connectivity index (χ4v) is 4.68. The molecular weight excluding hydrogens is 290 g/mol. The maximum Gasteiger partial charge on any atom is 0.155 e. The fourth-order valence-electron chi connectivity index (χ4n) is 2.69. The van der Waals surface area contributed by atoms with Crippen molar-refractivity contribution in [3.8, 4) is 5.75 Å². The molecule has 118 valence electrons. The molecule has 1 aromatic rings. The topological polar surface area (TPSA) is 64.6 Å². The normalized spacial score (nSPS) is 18.4. The second-order valence-corrected chi connectivity index (χ2v) is 7.55. The number of sulfone groups is 1. The van der Waals surface area contributed by atoms with Crippen LogP contribution in [0.1, 0.15) is 24.4 Å². The summed E-state index contributed by atoms with van der Waals surface area (Å²) in [7, 11) is 0.204. The lowest BCUT2D eigenvalue weighted by Crippen LogP contribution is -2.35. The summed E-state index contributed by atoms with van der Waals surface area (Å²) in [5.74, 6) is 0.785. The summed E-state index contributed by atoms with van der Waals surface area (Å²) in [5.41, 5.74) is 0.873.